The van der Waals surface area contributed by atoms with Crippen LogP contribution >= 0.6 is 15.9 Å². The molecule has 1 fully saturated rings. The van der Waals surface area contributed by atoms with Crippen LogP contribution in [0.3, 0.4) is 0 Å². The summed E-state index contributed by atoms with van der Waals surface area (Å²) in [6, 6.07) is 5.98. The SMILES string of the molecule is CCc1cc(Br)ccc1N1CCCOC1=O. The summed E-state index contributed by atoms with van der Waals surface area (Å²) in [4.78, 5) is 13.4. The van der Waals surface area contributed by atoms with E-state index in [1.807, 2.05) is 12.1 Å². The second kappa shape index (κ2) is 4.87. The molecule has 1 amide bonds. The number of ether oxygens (including phenoxy) is 1. The Bertz CT molecular complexity index is 406. The van der Waals surface area contributed by atoms with Gasteiger partial charge in [-0.1, -0.05) is 22.9 Å². The third-order valence-corrected chi connectivity index (χ3v) is 3.18. The molecule has 0 atom stereocenters. The molecule has 1 aromatic rings. The van der Waals surface area contributed by atoms with E-state index in [0.717, 1.165) is 35.1 Å². The van der Waals surface area contributed by atoms with Gasteiger partial charge < -0.3 is 4.74 Å². The molecule has 1 aliphatic rings. The monoisotopic (exact) mass is 283 g/mol. The van der Waals surface area contributed by atoms with Crippen LogP contribution in [0.15, 0.2) is 22.7 Å². The van der Waals surface area contributed by atoms with Gasteiger partial charge in [0.2, 0.25) is 0 Å². The van der Waals surface area contributed by atoms with Crippen molar-refractivity contribution in [2.75, 3.05) is 18.1 Å². The van der Waals surface area contributed by atoms with E-state index in [9.17, 15) is 4.79 Å². The Hall–Kier alpha value is -1.03. The van der Waals surface area contributed by atoms with E-state index in [1.54, 1.807) is 4.90 Å². The normalized spacial score (nSPS) is 16.1. The Labute approximate surface area is 104 Å². The fraction of sp³-hybridized carbons (Fsp3) is 0.417. The number of carbonyl (C=O) groups is 1. The predicted octanol–water partition coefficient (Wildman–Crippen LogP) is 3.36. The maximum atomic E-state index is 11.6. The summed E-state index contributed by atoms with van der Waals surface area (Å²) < 4.78 is 6.09. The zero-order valence-electron chi connectivity index (χ0n) is 9.20. The number of benzene rings is 1. The smallest absolute Gasteiger partial charge is 0.414 e. The first-order chi connectivity index (χ1) is 7.72. The molecule has 1 aromatic carbocycles. The van der Waals surface area contributed by atoms with Gasteiger partial charge in [-0.2, -0.15) is 0 Å². The molecule has 1 aliphatic heterocycles. The summed E-state index contributed by atoms with van der Waals surface area (Å²) in [6.07, 6.45) is 1.56. The summed E-state index contributed by atoms with van der Waals surface area (Å²) in [5.74, 6) is 0. The molecule has 1 heterocycles. The predicted molar refractivity (Wildman–Crippen MR) is 66.8 cm³/mol. The molecule has 16 heavy (non-hydrogen) atoms. The quantitative estimate of drug-likeness (QED) is 0.833. The first-order valence-corrected chi connectivity index (χ1v) is 6.24. The molecule has 1 saturated heterocycles. The molecule has 0 aliphatic carbocycles. The van der Waals surface area contributed by atoms with Crippen molar-refractivity contribution < 1.29 is 9.53 Å². The van der Waals surface area contributed by atoms with E-state index in [0.29, 0.717) is 6.61 Å². The molecule has 0 saturated carbocycles. The summed E-state index contributed by atoms with van der Waals surface area (Å²) in [7, 11) is 0. The maximum Gasteiger partial charge on any atom is 0.414 e. The number of aryl methyl sites for hydroxylation is 1. The second-order valence-corrected chi connectivity index (χ2v) is 4.66. The first kappa shape index (κ1) is 11.5. The number of carbonyl (C=O) groups excluding carboxylic acids is 1. The van der Waals surface area contributed by atoms with Crippen LogP contribution in [-0.2, 0) is 11.2 Å². The van der Waals surface area contributed by atoms with Crippen LogP contribution in [0, 0.1) is 0 Å². The topological polar surface area (TPSA) is 29.5 Å². The standard InChI is InChI=1S/C12H14BrNO2/c1-2-9-8-10(13)4-5-11(9)14-6-3-7-16-12(14)15/h4-5,8H,2-3,6-7H2,1H3. The highest BCUT2D eigenvalue weighted by Gasteiger charge is 2.22. The van der Waals surface area contributed by atoms with Crippen LogP contribution < -0.4 is 4.90 Å². The van der Waals surface area contributed by atoms with Crippen LogP contribution in [0.5, 0.6) is 0 Å². The molecule has 3 nitrogen and oxygen atoms in total. The number of cyclic esters (lactones) is 1. The lowest BCUT2D eigenvalue weighted by Crippen LogP contribution is -2.38. The molecule has 0 spiro atoms. The lowest BCUT2D eigenvalue weighted by atomic mass is 10.1. The Morgan fingerprint density at radius 1 is 1.50 bits per heavy atom. The van der Waals surface area contributed by atoms with Crippen molar-refractivity contribution in [3.05, 3.63) is 28.2 Å². The minimum absolute atomic E-state index is 0.233. The van der Waals surface area contributed by atoms with Gasteiger partial charge in [0.1, 0.15) is 0 Å². The largest absolute Gasteiger partial charge is 0.449 e. The number of halogens is 1. The van der Waals surface area contributed by atoms with Crippen molar-refractivity contribution >= 4 is 27.7 Å². The highest BCUT2D eigenvalue weighted by Crippen LogP contribution is 2.27. The molecular weight excluding hydrogens is 270 g/mol. The molecule has 0 N–H and O–H groups in total. The number of rotatable bonds is 2. The average Bonchev–Trinajstić information content (AvgIpc) is 2.30. The van der Waals surface area contributed by atoms with Gasteiger partial charge in [-0.25, -0.2) is 4.79 Å². The molecular formula is C12H14BrNO2. The molecule has 0 aromatic heterocycles. The number of anilines is 1. The van der Waals surface area contributed by atoms with Crippen molar-refractivity contribution in [3.8, 4) is 0 Å². The summed E-state index contributed by atoms with van der Waals surface area (Å²) in [6.45, 7) is 3.36. The zero-order valence-corrected chi connectivity index (χ0v) is 10.8. The van der Waals surface area contributed by atoms with Crippen molar-refractivity contribution in [1.29, 1.82) is 0 Å². The highest BCUT2D eigenvalue weighted by atomic mass is 79.9. The summed E-state index contributed by atoms with van der Waals surface area (Å²) >= 11 is 3.44. The highest BCUT2D eigenvalue weighted by molar-refractivity contribution is 9.10. The van der Waals surface area contributed by atoms with Crippen LogP contribution in [0.25, 0.3) is 0 Å². The Morgan fingerprint density at radius 3 is 3.00 bits per heavy atom. The number of amides is 1. The summed E-state index contributed by atoms with van der Waals surface area (Å²) in [5.41, 5.74) is 2.13. The molecule has 0 radical (unpaired) electrons. The third kappa shape index (κ3) is 2.21. The third-order valence-electron chi connectivity index (χ3n) is 2.69. The summed E-state index contributed by atoms with van der Waals surface area (Å²) in [5, 5.41) is 0. The van der Waals surface area contributed by atoms with E-state index in [1.165, 1.54) is 0 Å². The molecule has 86 valence electrons. The van der Waals surface area contributed by atoms with Crippen molar-refractivity contribution in [1.82, 2.24) is 0 Å². The minimum atomic E-state index is -0.233. The fourth-order valence-corrected chi connectivity index (χ4v) is 2.28. The van der Waals surface area contributed by atoms with Gasteiger partial charge in [0.25, 0.3) is 0 Å². The molecule has 2 rings (SSSR count). The van der Waals surface area contributed by atoms with Crippen LogP contribution in [0.1, 0.15) is 18.9 Å². The van der Waals surface area contributed by atoms with Gasteiger partial charge >= 0.3 is 6.09 Å². The van der Waals surface area contributed by atoms with Gasteiger partial charge in [0.05, 0.1) is 12.3 Å². The minimum Gasteiger partial charge on any atom is -0.449 e. The molecule has 0 unspecified atom stereocenters. The molecule has 4 heteroatoms. The van der Waals surface area contributed by atoms with Gasteiger partial charge in [0.15, 0.2) is 0 Å². The Morgan fingerprint density at radius 2 is 2.31 bits per heavy atom. The van der Waals surface area contributed by atoms with E-state index in [-0.39, 0.29) is 6.09 Å². The Kier molecular flexibility index (Phi) is 3.49. The van der Waals surface area contributed by atoms with Gasteiger partial charge in [-0.05, 0) is 36.6 Å². The van der Waals surface area contributed by atoms with E-state index >= 15 is 0 Å². The lowest BCUT2D eigenvalue weighted by Gasteiger charge is -2.28. The first-order valence-electron chi connectivity index (χ1n) is 5.45. The number of hydrogen-bond donors (Lipinski definition) is 0. The average molecular weight is 284 g/mol. The van der Waals surface area contributed by atoms with E-state index in [4.69, 9.17) is 4.74 Å². The van der Waals surface area contributed by atoms with Gasteiger partial charge in [-0.15, -0.1) is 0 Å². The number of nitrogens with zero attached hydrogens (tertiary/aromatic N) is 1. The van der Waals surface area contributed by atoms with Crippen LogP contribution in [0.2, 0.25) is 0 Å². The van der Waals surface area contributed by atoms with Crippen LogP contribution in [-0.4, -0.2) is 19.2 Å². The van der Waals surface area contributed by atoms with Gasteiger partial charge in [0, 0.05) is 11.0 Å². The second-order valence-electron chi connectivity index (χ2n) is 3.75. The molecule has 0 bridgehead atoms. The van der Waals surface area contributed by atoms with Crippen LogP contribution in [0.4, 0.5) is 10.5 Å². The van der Waals surface area contributed by atoms with Crippen molar-refractivity contribution in [2.24, 2.45) is 0 Å². The van der Waals surface area contributed by atoms with E-state index < -0.39 is 0 Å². The van der Waals surface area contributed by atoms with E-state index in [2.05, 4.69) is 28.9 Å². The maximum absolute atomic E-state index is 11.6. The zero-order chi connectivity index (χ0) is 11.5. The lowest BCUT2D eigenvalue weighted by molar-refractivity contribution is 0.140. The van der Waals surface area contributed by atoms with Crippen molar-refractivity contribution in [2.45, 2.75) is 19.8 Å². The van der Waals surface area contributed by atoms with Crippen molar-refractivity contribution in [3.63, 3.8) is 0 Å². The Balaban J connectivity index is 2.34. The fourth-order valence-electron chi connectivity index (χ4n) is 1.87. The van der Waals surface area contributed by atoms with Gasteiger partial charge in [-0.3, -0.25) is 4.90 Å². The number of hydrogen-bond acceptors (Lipinski definition) is 2.